The topological polar surface area (TPSA) is 125 Å². The number of aromatic hydroxyl groups is 1. The molecule has 0 fully saturated rings. The van der Waals surface area contributed by atoms with Gasteiger partial charge in [-0.2, -0.15) is 4.98 Å². The van der Waals surface area contributed by atoms with Gasteiger partial charge in [0, 0.05) is 11.3 Å². The molecule has 0 aliphatic carbocycles. The predicted molar refractivity (Wildman–Crippen MR) is 110 cm³/mol. The summed E-state index contributed by atoms with van der Waals surface area (Å²) in [5, 5.41) is 17.5. The van der Waals surface area contributed by atoms with Gasteiger partial charge in [0.2, 0.25) is 11.9 Å². The molecule has 4 rings (SSSR count). The lowest BCUT2D eigenvalue weighted by molar-refractivity contribution is -0.115. The Hall–Kier alpha value is -4.01. The molecule has 9 heteroatoms. The normalized spacial score (nSPS) is 15.4. The molecule has 4 N–H and O–H groups in total. The number of amides is 1. The van der Waals surface area contributed by atoms with E-state index in [-0.39, 0.29) is 5.75 Å². The Labute approximate surface area is 172 Å². The molecule has 154 valence electrons. The fraction of sp³-hybridized carbons (Fsp3) is 0.190. The van der Waals surface area contributed by atoms with Crippen LogP contribution in [0.15, 0.2) is 53.7 Å². The molecule has 1 unspecified atom stereocenters. The van der Waals surface area contributed by atoms with Gasteiger partial charge in [-0.25, -0.2) is 4.68 Å². The van der Waals surface area contributed by atoms with Gasteiger partial charge in [-0.05, 0) is 36.8 Å². The zero-order chi connectivity index (χ0) is 21.4. The van der Waals surface area contributed by atoms with Crippen molar-refractivity contribution >= 4 is 11.9 Å². The minimum atomic E-state index is -0.614. The van der Waals surface area contributed by atoms with Crippen molar-refractivity contribution in [1.29, 1.82) is 0 Å². The van der Waals surface area contributed by atoms with Crippen molar-refractivity contribution in [1.82, 2.24) is 14.8 Å². The SMILES string of the molecule is COc1ccc(C2C(C(N)=O)=C(C)Nc3nc(-c4cccc(O)c4)nn32)cc1OC. The average molecular weight is 407 g/mol. The maximum Gasteiger partial charge on any atom is 0.248 e. The smallest absolute Gasteiger partial charge is 0.248 e. The number of nitrogens with one attached hydrogen (secondary N) is 1. The highest BCUT2D eigenvalue weighted by molar-refractivity contribution is 5.95. The van der Waals surface area contributed by atoms with Crippen LogP contribution < -0.4 is 20.5 Å². The third kappa shape index (κ3) is 3.20. The van der Waals surface area contributed by atoms with E-state index < -0.39 is 11.9 Å². The molecule has 0 spiro atoms. The van der Waals surface area contributed by atoms with Crippen LogP contribution >= 0.6 is 0 Å². The van der Waals surface area contributed by atoms with Gasteiger partial charge in [-0.15, -0.1) is 5.10 Å². The molecule has 0 saturated carbocycles. The first-order chi connectivity index (χ1) is 14.4. The summed E-state index contributed by atoms with van der Waals surface area (Å²) in [5.74, 6) is 1.48. The van der Waals surface area contributed by atoms with E-state index in [4.69, 9.17) is 15.2 Å². The van der Waals surface area contributed by atoms with Gasteiger partial charge in [-0.3, -0.25) is 4.79 Å². The number of rotatable bonds is 5. The molecule has 9 nitrogen and oxygen atoms in total. The molecule has 1 aliphatic rings. The molecule has 1 amide bonds. The van der Waals surface area contributed by atoms with Crippen molar-refractivity contribution < 1.29 is 19.4 Å². The number of primary amides is 1. The van der Waals surface area contributed by atoms with Crippen LogP contribution in [-0.2, 0) is 4.79 Å². The summed E-state index contributed by atoms with van der Waals surface area (Å²) in [5.41, 5.74) is 8.04. The number of benzene rings is 2. The van der Waals surface area contributed by atoms with E-state index in [0.29, 0.717) is 40.1 Å². The Kier molecular flexibility index (Phi) is 4.78. The molecular weight excluding hydrogens is 386 g/mol. The van der Waals surface area contributed by atoms with Gasteiger partial charge >= 0.3 is 0 Å². The Bertz CT molecular complexity index is 1170. The van der Waals surface area contributed by atoms with Crippen molar-refractivity contribution in [2.45, 2.75) is 13.0 Å². The lowest BCUT2D eigenvalue weighted by Gasteiger charge is -2.28. The zero-order valence-electron chi connectivity index (χ0n) is 16.7. The number of nitrogens with two attached hydrogens (primary N) is 1. The Morgan fingerprint density at radius 3 is 2.60 bits per heavy atom. The maximum absolute atomic E-state index is 12.3. The van der Waals surface area contributed by atoms with Crippen LogP contribution in [0, 0.1) is 0 Å². The molecule has 30 heavy (non-hydrogen) atoms. The van der Waals surface area contributed by atoms with Crippen LogP contribution in [0.4, 0.5) is 5.95 Å². The Balaban J connectivity index is 1.89. The van der Waals surface area contributed by atoms with Gasteiger partial charge in [0.25, 0.3) is 0 Å². The highest BCUT2D eigenvalue weighted by Gasteiger charge is 2.34. The number of phenols is 1. The van der Waals surface area contributed by atoms with Gasteiger partial charge in [-0.1, -0.05) is 18.2 Å². The summed E-state index contributed by atoms with van der Waals surface area (Å²) >= 11 is 0. The van der Waals surface area contributed by atoms with Crippen molar-refractivity contribution in [3.8, 4) is 28.6 Å². The number of allylic oxidation sites excluding steroid dienone is 1. The van der Waals surface area contributed by atoms with Crippen LogP contribution in [0.25, 0.3) is 11.4 Å². The van der Waals surface area contributed by atoms with Crippen molar-refractivity contribution in [2.75, 3.05) is 19.5 Å². The summed E-state index contributed by atoms with van der Waals surface area (Å²) in [7, 11) is 3.10. The number of hydrogen-bond acceptors (Lipinski definition) is 7. The molecule has 1 aromatic heterocycles. The van der Waals surface area contributed by atoms with Crippen molar-refractivity contribution in [3.63, 3.8) is 0 Å². The predicted octanol–water partition coefficient (Wildman–Crippen LogP) is 2.44. The third-order valence-corrected chi connectivity index (χ3v) is 4.95. The van der Waals surface area contributed by atoms with Crippen LogP contribution in [0.2, 0.25) is 0 Å². The second-order valence-corrected chi connectivity index (χ2v) is 6.80. The van der Waals surface area contributed by atoms with Crippen molar-refractivity contribution in [3.05, 3.63) is 59.3 Å². The van der Waals surface area contributed by atoms with E-state index in [0.717, 1.165) is 5.56 Å². The number of ether oxygens (including phenoxy) is 2. The largest absolute Gasteiger partial charge is 0.508 e. The van der Waals surface area contributed by atoms with Crippen LogP contribution in [-0.4, -0.2) is 40.0 Å². The molecule has 1 atom stereocenters. The van der Waals surface area contributed by atoms with E-state index in [1.54, 1.807) is 62.2 Å². The van der Waals surface area contributed by atoms with E-state index >= 15 is 0 Å². The quantitative estimate of drug-likeness (QED) is 0.593. The summed E-state index contributed by atoms with van der Waals surface area (Å²) in [4.78, 5) is 16.9. The van der Waals surface area contributed by atoms with Crippen LogP contribution in [0.1, 0.15) is 18.5 Å². The first-order valence-corrected chi connectivity index (χ1v) is 9.18. The first-order valence-electron chi connectivity index (χ1n) is 9.18. The molecule has 1 aliphatic heterocycles. The second-order valence-electron chi connectivity index (χ2n) is 6.80. The number of carbonyl (C=O) groups is 1. The molecule has 2 heterocycles. The number of anilines is 1. The third-order valence-electron chi connectivity index (χ3n) is 4.95. The average Bonchev–Trinajstić information content (AvgIpc) is 3.15. The van der Waals surface area contributed by atoms with E-state index in [1.807, 2.05) is 6.07 Å². The van der Waals surface area contributed by atoms with Crippen molar-refractivity contribution in [2.24, 2.45) is 5.73 Å². The standard InChI is InChI=1S/C21H21N5O4/c1-11-17(19(22)28)18(12-7-8-15(29-2)16(10-12)30-3)26-21(23-11)24-20(25-26)13-5-4-6-14(27)9-13/h4-10,18,27H,1-3H3,(H2,22,28)(H,23,24,25). The van der Waals surface area contributed by atoms with E-state index in [2.05, 4.69) is 15.4 Å². The minimum absolute atomic E-state index is 0.108. The summed E-state index contributed by atoms with van der Waals surface area (Å²) < 4.78 is 12.3. The number of nitrogens with zero attached hydrogens (tertiary/aromatic N) is 3. The number of fused-ring (bicyclic) bond motifs is 1. The summed E-state index contributed by atoms with van der Waals surface area (Å²) in [6.07, 6.45) is 0. The molecule has 0 bridgehead atoms. The summed E-state index contributed by atoms with van der Waals surface area (Å²) in [6.45, 7) is 1.76. The molecular formula is C21H21N5O4. The Morgan fingerprint density at radius 2 is 1.93 bits per heavy atom. The Morgan fingerprint density at radius 1 is 1.17 bits per heavy atom. The van der Waals surface area contributed by atoms with Gasteiger partial charge in [0.1, 0.15) is 11.8 Å². The lowest BCUT2D eigenvalue weighted by Crippen LogP contribution is -2.31. The number of hydrogen-bond donors (Lipinski definition) is 3. The molecule has 3 aromatic rings. The molecule has 0 radical (unpaired) electrons. The number of carbonyl (C=O) groups excluding carboxylic acids is 1. The highest BCUT2D eigenvalue weighted by atomic mass is 16.5. The van der Waals surface area contributed by atoms with E-state index in [9.17, 15) is 9.90 Å². The number of methoxy groups -OCH3 is 2. The first kappa shape index (κ1) is 19.3. The highest BCUT2D eigenvalue weighted by Crippen LogP contribution is 2.39. The second kappa shape index (κ2) is 7.43. The fourth-order valence-electron chi connectivity index (χ4n) is 3.57. The molecule has 2 aromatic carbocycles. The number of aromatic nitrogens is 3. The number of phenolic OH excluding ortho intramolecular Hbond substituents is 1. The molecule has 0 saturated heterocycles. The van der Waals surface area contributed by atoms with Gasteiger partial charge < -0.3 is 25.6 Å². The van der Waals surface area contributed by atoms with Gasteiger partial charge in [0.05, 0.1) is 19.8 Å². The lowest BCUT2D eigenvalue weighted by atomic mass is 9.95. The zero-order valence-corrected chi connectivity index (χ0v) is 16.7. The van der Waals surface area contributed by atoms with Crippen LogP contribution in [0.5, 0.6) is 17.2 Å². The summed E-state index contributed by atoms with van der Waals surface area (Å²) in [6, 6.07) is 11.4. The fourth-order valence-corrected chi connectivity index (χ4v) is 3.57. The van der Waals surface area contributed by atoms with Gasteiger partial charge in [0.15, 0.2) is 17.3 Å². The van der Waals surface area contributed by atoms with E-state index in [1.165, 1.54) is 0 Å². The minimum Gasteiger partial charge on any atom is -0.508 e. The monoisotopic (exact) mass is 407 g/mol. The maximum atomic E-state index is 12.3. The van der Waals surface area contributed by atoms with Crippen LogP contribution in [0.3, 0.4) is 0 Å².